The van der Waals surface area contributed by atoms with Crippen LogP contribution in [0.3, 0.4) is 0 Å². The van der Waals surface area contributed by atoms with Crippen LogP contribution in [0, 0.1) is 12.3 Å². The summed E-state index contributed by atoms with van der Waals surface area (Å²) in [5.74, 6) is 0. The molecular weight excluding hydrogens is 350 g/mol. The zero-order valence-corrected chi connectivity index (χ0v) is 15.6. The van der Waals surface area contributed by atoms with Crippen LogP contribution in [0.1, 0.15) is 45.1 Å². The minimum atomic E-state index is -3.40. The summed E-state index contributed by atoms with van der Waals surface area (Å²) in [4.78, 5) is 0.385. The minimum Gasteiger partial charge on any atom is -0.207 e. The highest BCUT2D eigenvalue weighted by Gasteiger charge is 2.34. The lowest BCUT2D eigenvalue weighted by Gasteiger charge is -2.38. The molecule has 0 aliphatic heterocycles. The van der Waals surface area contributed by atoms with Gasteiger partial charge in [0.25, 0.3) is 0 Å². The Bertz CT molecular complexity index is 615. The van der Waals surface area contributed by atoms with E-state index in [0.29, 0.717) is 10.3 Å². The molecule has 1 aromatic carbocycles. The van der Waals surface area contributed by atoms with Gasteiger partial charge in [-0.15, -0.1) is 0 Å². The summed E-state index contributed by atoms with van der Waals surface area (Å²) in [6.07, 6.45) is 4.05. The Hall–Kier alpha value is -0.390. The predicted octanol–water partition coefficient (Wildman–Crippen LogP) is 4.35. The molecule has 1 aliphatic rings. The van der Waals surface area contributed by atoms with Gasteiger partial charge in [-0.05, 0) is 61.8 Å². The Labute approximate surface area is 136 Å². The molecule has 0 N–H and O–H groups in total. The van der Waals surface area contributed by atoms with E-state index in [9.17, 15) is 8.42 Å². The van der Waals surface area contributed by atoms with Crippen molar-refractivity contribution < 1.29 is 8.42 Å². The second kappa shape index (κ2) is 6.01. The van der Waals surface area contributed by atoms with Gasteiger partial charge in [-0.2, -0.15) is 4.31 Å². The summed E-state index contributed by atoms with van der Waals surface area (Å²) in [7, 11) is -1.68. The first-order chi connectivity index (χ1) is 9.63. The number of nitrogens with zero attached hydrogens (tertiary/aromatic N) is 1. The number of benzene rings is 1. The van der Waals surface area contributed by atoms with Crippen molar-refractivity contribution >= 4 is 26.0 Å². The number of rotatable bonds is 3. The number of hydrogen-bond acceptors (Lipinski definition) is 2. The lowest BCUT2D eigenvalue weighted by atomic mass is 9.76. The molecule has 1 saturated carbocycles. The van der Waals surface area contributed by atoms with Gasteiger partial charge in [-0.3, -0.25) is 0 Å². The Kier molecular flexibility index (Phi) is 4.86. The molecule has 118 valence electrons. The van der Waals surface area contributed by atoms with Crippen LogP contribution in [0.2, 0.25) is 0 Å². The van der Waals surface area contributed by atoms with Crippen molar-refractivity contribution in [2.24, 2.45) is 5.41 Å². The van der Waals surface area contributed by atoms with Gasteiger partial charge in [0.15, 0.2) is 0 Å². The van der Waals surface area contributed by atoms with Crippen molar-refractivity contribution in [1.29, 1.82) is 0 Å². The molecule has 0 bridgehead atoms. The first-order valence-corrected chi connectivity index (χ1v) is 9.61. The predicted molar refractivity (Wildman–Crippen MR) is 89.9 cm³/mol. The van der Waals surface area contributed by atoms with Crippen LogP contribution >= 0.6 is 15.9 Å². The zero-order valence-electron chi connectivity index (χ0n) is 13.2. The fourth-order valence-electron chi connectivity index (χ4n) is 2.89. The van der Waals surface area contributed by atoms with Crippen LogP contribution in [0.25, 0.3) is 0 Å². The largest absolute Gasteiger partial charge is 0.243 e. The molecule has 2 rings (SSSR count). The summed E-state index contributed by atoms with van der Waals surface area (Å²) < 4.78 is 28.0. The van der Waals surface area contributed by atoms with Crippen LogP contribution in [0.5, 0.6) is 0 Å². The quantitative estimate of drug-likeness (QED) is 0.789. The van der Waals surface area contributed by atoms with Crippen molar-refractivity contribution in [3.05, 3.63) is 28.2 Å². The van der Waals surface area contributed by atoms with Crippen LogP contribution in [0.15, 0.2) is 27.6 Å². The van der Waals surface area contributed by atoms with Crippen molar-refractivity contribution in [1.82, 2.24) is 4.31 Å². The average molecular weight is 374 g/mol. The normalized spacial score (nSPS) is 19.9. The van der Waals surface area contributed by atoms with E-state index in [1.807, 2.05) is 6.92 Å². The Morgan fingerprint density at radius 2 is 1.81 bits per heavy atom. The molecule has 0 amide bonds. The van der Waals surface area contributed by atoms with Gasteiger partial charge in [0.05, 0.1) is 4.90 Å². The summed E-state index contributed by atoms with van der Waals surface area (Å²) in [6, 6.07) is 5.34. The third-order valence-electron chi connectivity index (χ3n) is 4.63. The highest BCUT2D eigenvalue weighted by molar-refractivity contribution is 9.10. The number of halogens is 1. The van der Waals surface area contributed by atoms with Crippen molar-refractivity contribution in [2.45, 2.75) is 57.4 Å². The van der Waals surface area contributed by atoms with E-state index in [0.717, 1.165) is 35.7 Å². The van der Waals surface area contributed by atoms with Crippen molar-refractivity contribution in [2.75, 3.05) is 7.05 Å². The SMILES string of the molecule is Cc1cc(S(=O)(=O)N(C)C2CCC(C)(C)CC2)ccc1Br. The second-order valence-electron chi connectivity index (χ2n) is 6.83. The summed E-state index contributed by atoms with van der Waals surface area (Å²) in [5.41, 5.74) is 1.28. The fraction of sp³-hybridized carbons (Fsp3) is 0.625. The molecule has 0 heterocycles. The highest BCUT2D eigenvalue weighted by atomic mass is 79.9. The summed E-state index contributed by atoms with van der Waals surface area (Å²) >= 11 is 3.41. The van der Waals surface area contributed by atoms with Crippen LogP contribution in [-0.4, -0.2) is 25.8 Å². The van der Waals surface area contributed by atoms with Gasteiger partial charge in [-0.25, -0.2) is 8.42 Å². The van der Waals surface area contributed by atoms with E-state index < -0.39 is 10.0 Å². The van der Waals surface area contributed by atoms with E-state index in [4.69, 9.17) is 0 Å². The maximum absolute atomic E-state index is 12.8. The fourth-order valence-corrected chi connectivity index (χ4v) is 4.64. The second-order valence-corrected chi connectivity index (χ2v) is 9.68. The van der Waals surface area contributed by atoms with Crippen molar-refractivity contribution in [3.63, 3.8) is 0 Å². The molecule has 1 aromatic rings. The summed E-state index contributed by atoms with van der Waals surface area (Å²) in [6.45, 7) is 6.43. The first-order valence-electron chi connectivity index (χ1n) is 7.38. The molecule has 0 unspecified atom stereocenters. The van der Waals surface area contributed by atoms with Crippen molar-refractivity contribution in [3.8, 4) is 0 Å². The van der Waals surface area contributed by atoms with Gasteiger partial charge in [-0.1, -0.05) is 29.8 Å². The molecular formula is C16H24BrNO2S. The molecule has 0 aromatic heterocycles. The Balaban J connectivity index is 2.21. The molecule has 1 aliphatic carbocycles. The third kappa shape index (κ3) is 3.69. The van der Waals surface area contributed by atoms with Crippen LogP contribution in [-0.2, 0) is 10.0 Å². The van der Waals surface area contributed by atoms with Crippen LogP contribution < -0.4 is 0 Å². The molecule has 5 heteroatoms. The van der Waals surface area contributed by atoms with Gasteiger partial charge >= 0.3 is 0 Å². The minimum absolute atomic E-state index is 0.118. The van der Waals surface area contributed by atoms with E-state index >= 15 is 0 Å². The third-order valence-corrected chi connectivity index (χ3v) is 7.43. The molecule has 0 spiro atoms. The first kappa shape index (κ1) is 17.0. The average Bonchev–Trinajstić information content (AvgIpc) is 2.41. The molecule has 3 nitrogen and oxygen atoms in total. The van der Waals surface area contributed by atoms with E-state index in [-0.39, 0.29) is 6.04 Å². The molecule has 21 heavy (non-hydrogen) atoms. The number of aryl methyl sites for hydroxylation is 1. The molecule has 0 saturated heterocycles. The van der Waals surface area contributed by atoms with E-state index in [2.05, 4.69) is 29.8 Å². The number of sulfonamides is 1. The Morgan fingerprint density at radius 3 is 2.33 bits per heavy atom. The Morgan fingerprint density at radius 1 is 1.24 bits per heavy atom. The standard InChI is InChI=1S/C16H24BrNO2S/c1-12-11-14(5-6-15(12)17)21(19,20)18(4)13-7-9-16(2,3)10-8-13/h5-6,11,13H,7-10H2,1-4H3. The molecule has 0 radical (unpaired) electrons. The van der Waals surface area contributed by atoms with Gasteiger partial charge in [0, 0.05) is 17.6 Å². The maximum atomic E-state index is 12.8. The number of hydrogen-bond donors (Lipinski definition) is 0. The smallest absolute Gasteiger partial charge is 0.207 e. The molecule has 1 fully saturated rings. The monoisotopic (exact) mass is 373 g/mol. The van der Waals surface area contributed by atoms with Crippen LogP contribution in [0.4, 0.5) is 0 Å². The summed E-state index contributed by atoms with van der Waals surface area (Å²) in [5, 5.41) is 0. The zero-order chi connectivity index (χ0) is 15.8. The van der Waals surface area contributed by atoms with Gasteiger partial charge in [0.2, 0.25) is 10.0 Å². The van der Waals surface area contributed by atoms with Gasteiger partial charge in [0.1, 0.15) is 0 Å². The van der Waals surface area contributed by atoms with E-state index in [1.165, 1.54) is 0 Å². The van der Waals surface area contributed by atoms with E-state index in [1.54, 1.807) is 29.6 Å². The topological polar surface area (TPSA) is 37.4 Å². The molecule has 0 atom stereocenters. The maximum Gasteiger partial charge on any atom is 0.243 e. The highest BCUT2D eigenvalue weighted by Crippen LogP contribution is 2.38. The van der Waals surface area contributed by atoms with Gasteiger partial charge < -0.3 is 0 Å². The lowest BCUT2D eigenvalue weighted by Crippen LogP contribution is -2.40. The lowest BCUT2D eigenvalue weighted by molar-refractivity contribution is 0.174.